The van der Waals surface area contributed by atoms with Crippen molar-refractivity contribution in [2.24, 2.45) is 5.73 Å². The molecular formula is C10H20N2O2. The Morgan fingerprint density at radius 1 is 1.57 bits per heavy atom. The fourth-order valence-corrected chi connectivity index (χ4v) is 1.44. The second-order valence-electron chi connectivity index (χ2n) is 4.05. The molecular weight excluding hydrogens is 180 g/mol. The Kier molecular flexibility index (Phi) is 4.35. The zero-order valence-electron chi connectivity index (χ0n) is 8.84. The van der Waals surface area contributed by atoms with Gasteiger partial charge in [-0.25, -0.2) is 0 Å². The molecule has 3 N–H and O–H groups in total. The van der Waals surface area contributed by atoms with Crippen LogP contribution in [0.2, 0.25) is 0 Å². The standard InChI is InChI=1S/C10H20N2O2/c1-2-6-14-7-9(13)12-8-10(11)4-3-5-10/h2-8,11H2,1H3,(H,12,13). The second kappa shape index (κ2) is 5.32. The Hall–Kier alpha value is -0.610. The van der Waals surface area contributed by atoms with Gasteiger partial charge in [0.05, 0.1) is 0 Å². The quantitative estimate of drug-likeness (QED) is 0.610. The number of nitrogens with one attached hydrogen (secondary N) is 1. The summed E-state index contributed by atoms with van der Waals surface area (Å²) < 4.78 is 5.11. The predicted octanol–water partition coefficient (Wildman–Crippen LogP) is 0.411. The molecule has 1 saturated carbocycles. The average molecular weight is 200 g/mol. The maximum Gasteiger partial charge on any atom is 0.246 e. The number of nitrogens with two attached hydrogens (primary N) is 1. The van der Waals surface area contributed by atoms with Crippen molar-refractivity contribution in [3.63, 3.8) is 0 Å². The lowest BCUT2D eigenvalue weighted by Gasteiger charge is -2.38. The van der Waals surface area contributed by atoms with Crippen molar-refractivity contribution in [1.82, 2.24) is 5.32 Å². The number of hydrogen-bond donors (Lipinski definition) is 2. The van der Waals surface area contributed by atoms with Gasteiger partial charge in [0.2, 0.25) is 5.91 Å². The lowest BCUT2D eigenvalue weighted by Crippen LogP contribution is -2.55. The average Bonchev–Trinajstić information content (AvgIpc) is 2.12. The molecule has 0 aromatic rings. The summed E-state index contributed by atoms with van der Waals surface area (Å²) in [5.74, 6) is -0.0600. The number of hydrogen-bond acceptors (Lipinski definition) is 3. The van der Waals surface area contributed by atoms with Crippen molar-refractivity contribution in [3.05, 3.63) is 0 Å². The third-order valence-electron chi connectivity index (χ3n) is 2.57. The minimum Gasteiger partial charge on any atom is -0.372 e. The largest absolute Gasteiger partial charge is 0.372 e. The van der Waals surface area contributed by atoms with Crippen LogP contribution in [-0.2, 0) is 9.53 Å². The van der Waals surface area contributed by atoms with E-state index in [9.17, 15) is 4.79 Å². The van der Waals surface area contributed by atoms with Crippen LogP contribution in [0.15, 0.2) is 0 Å². The van der Waals surface area contributed by atoms with E-state index < -0.39 is 0 Å². The maximum absolute atomic E-state index is 11.2. The lowest BCUT2D eigenvalue weighted by molar-refractivity contribution is -0.126. The summed E-state index contributed by atoms with van der Waals surface area (Å²) in [5.41, 5.74) is 5.81. The maximum atomic E-state index is 11.2. The summed E-state index contributed by atoms with van der Waals surface area (Å²) in [6, 6.07) is 0. The van der Waals surface area contributed by atoms with E-state index in [-0.39, 0.29) is 18.1 Å². The van der Waals surface area contributed by atoms with Crippen LogP contribution in [-0.4, -0.2) is 31.2 Å². The van der Waals surface area contributed by atoms with Gasteiger partial charge in [-0.2, -0.15) is 0 Å². The van der Waals surface area contributed by atoms with E-state index in [1.54, 1.807) is 0 Å². The van der Waals surface area contributed by atoms with Crippen LogP contribution in [0.3, 0.4) is 0 Å². The van der Waals surface area contributed by atoms with Crippen molar-refractivity contribution < 1.29 is 9.53 Å². The summed E-state index contributed by atoms with van der Waals surface area (Å²) in [5, 5.41) is 2.80. The molecule has 0 unspecified atom stereocenters. The van der Waals surface area contributed by atoms with Crippen LogP contribution in [0.25, 0.3) is 0 Å². The highest BCUT2D eigenvalue weighted by molar-refractivity contribution is 5.77. The fourth-order valence-electron chi connectivity index (χ4n) is 1.44. The lowest BCUT2D eigenvalue weighted by atomic mass is 9.78. The van der Waals surface area contributed by atoms with E-state index >= 15 is 0 Å². The highest BCUT2D eigenvalue weighted by Gasteiger charge is 2.32. The normalized spacial score (nSPS) is 18.7. The highest BCUT2D eigenvalue weighted by Crippen LogP contribution is 2.27. The Bertz CT molecular complexity index is 191. The van der Waals surface area contributed by atoms with Crippen molar-refractivity contribution in [2.75, 3.05) is 19.8 Å². The molecule has 0 radical (unpaired) electrons. The molecule has 1 aliphatic carbocycles. The molecule has 1 rings (SSSR count). The van der Waals surface area contributed by atoms with Gasteiger partial charge in [0, 0.05) is 18.7 Å². The van der Waals surface area contributed by atoms with Crippen molar-refractivity contribution >= 4 is 5.91 Å². The molecule has 1 fully saturated rings. The van der Waals surface area contributed by atoms with Gasteiger partial charge < -0.3 is 15.8 Å². The topological polar surface area (TPSA) is 64.3 Å². The van der Waals surface area contributed by atoms with Gasteiger partial charge in [0.25, 0.3) is 0 Å². The zero-order valence-corrected chi connectivity index (χ0v) is 8.84. The summed E-state index contributed by atoms with van der Waals surface area (Å²) in [7, 11) is 0. The van der Waals surface area contributed by atoms with E-state index in [4.69, 9.17) is 10.5 Å². The number of carbonyl (C=O) groups is 1. The first-order valence-electron chi connectivity index (χ1n) is 5.30. The monoisotopic (exact) mass is 200 g/mol. The van der Waals surface area contributed by atoms with Gasteiger partial charge in [0.15, 0.2) is 0 Å². The number of carbonyl (C=O) groups excluding carboxylic acids is 1. The second-order valence-corrected chi connectivity index (χ2v) is 4.05. The molecule has 0 aromatic heterocycles. The molecule has 0 heterocycles. The summed E-state index contributed by atoms with van der Waals surface area (Å²) in [6.07, 6.45) is 4.15. The summed E-state index contributed by atoms with van der Waals surface area (Å²) in [4.78, 5) is 11.2. The van der Waals surface area contributed by atoms with Gasteiger partial charge in [-0.15, -0.1) is 0 Å². The highest BCUT2D eigenvalue weighted by atomic mass is 16.5. The summed E-state index contributed by atoms with van der Waals surface area (Å²) >= 11 is 0. The Labute approximate surface area is 85.2 Å². The van der Waals surface area contributed by atoms with Crippen LogP contribution in [0.1, 0.15) is 32.6 Å². The molecule has 0 bridgehead atoms. The SMILES string of the molecule is CCCOCC(=O)NCC1(N)CCC1. The van der Waals surface area contributed by atoms with Crippen LogP contribution >= 0.6 is 0 Å². The smallest absolute Gasteiger partial charge is 0.246 e. The first kappa shape index (κ1) is 11.5. The van der Waals surface area contributed by atoms with Crippen LogP contribution in [0.4, 0.5) is 0 Å². The Balaban J connectivity index is 2.03. The van der Waals surface area contributed by atoms with Gasteiger partial charge >= 0.3 is 0 Å². The number of rotatable bonds is 6. The molecule has 82 valence electrons. The first-order valence-corrected chi connectivity index (χ1v) is 5.30. The van der Waals surface area contributed by atoms with E-state index in [2.05, 4.69) is 5.32 Å². The number of ether oxygens (including phenoxy) is 1. The third-order valence-corrected chi connectivity index (χ3v) is 2.57. The van der Waals surface area contributed by atoms with Crippen LogP contribution in [0.5, 0.6) is 0 Å². The van der Waals surface area contributed by atoms with E-state index in [1.165, 1.54) is 6.42 Å². The molecule has 4 heteroatoms. The van der Waals surface area contributed by atoms with Gasteiger partial charge in [-0.1, -0.05) is 6.92 Å². The first-order chi connectivity index (χ1) is 6.66. The molecule has 0 spiro atoms. The Morgan fingerprint density at radius 2 is 2.29 bits per heavy atom. The fraction of sp³-hybridized carbons (Fsp3) is 0.900. The van der Waals surface area contributed by atoms with Crippen molar-refractivity contribution in [1.29, 1.82) is 0 Å². The van der Waals surface area contributed by atoms with Crippen LogP contribution in [0, 0.1) is 0 Å². The molecule has 0 aliphatic heterocycles. The molecule has 1 amide bonds. The predicted molar refractivity (Wildman–Crippen MR) is 54.9 cm³/mol. The molecule has 0 saturated heterocycles. The van der Waals surface area contributed by atoms with Crippen molar-refractivity contribution in [2.45, 2.75) is 38.1 Å². The number of amides is 1. The molecule has 0 aromatic carbocycles. The van der Waals surface area contributed by atoms with Gasteiger partial charge in [-0.3, -0.25) is 4.79 Å². The zero-order chi connectivity index (χ0) is 10.4. The van der Waals surface area contributed by atoms with E-state index in [0.717, 1.165) is 19.3 Å². The summed E-state index contributed by atoms with van der Waals surface area (Å²) in [6.45, 7) is 3.40. The molecule has 0 atom stereocenters. The molecule has 4 nitrogen and oxygen atoms in total. The molecule has 1 aliphatic rings. The minimum atomic E-state index is -0.138. The van der Waals surface area contributed by atoms with Gasteiger partial charge in [0.1, 0.15) is 6.61 Å². The van der Waals surface area contributed by atoms with Gasteiger partial charge in [-0.05, 0) is 25.7 Å². The minimum absolute atomic E-state index is 0.0600. The van der Waals surface area contributed by atoms with E-state index in [1.807, 2.05) is 6.92 Å². The Morgan fingerprint density at radius 3 is 2.79 bits per heavy atom. The van der Waals surface area contributed by atoms with Crippen molar-refractivity contribution in [3.8, 4) is 0 Å². The molecule has 14 heavy (non-hydrogen) atoms. The van der Waals surface area contributed by atoms with Crippen LogP contribution < -0.4 is 11.1 Å². The third kappa shape index (κ3) is 3.64. The van der Waals surface area contributed by atoms with E-state index in [0.29, 0.717) is 13.2 Å².